The summed E-state index contributed by atoms with van der Waals surface area (Å²) in [5.41, 5.74) is 1.13. The van der Waals surface area contributed by atoms with E-state index in [0.717, 1.165) is 11.5 Å². The van der Waals surface area contributed by atoms with Crippen LogP contribution in [0.15, 0.2) is 48.8 Å². The van der Waals surface area contributed by atoms with Gasteiger partial charge in [-0.3, -0.25) is 0 Å². The van der Waals surface area contributed by atoms with E-state index in [2.05, 4.69) is 71.7 Å². The highest BCUT2D eigenvalue weighted by Crippen LogP contribution is 2.23. The van der Waals surface area contributed by atoms with Crippen LogP contribution in [0.4, 0.5) is 5.69 Å². The van der Waals surface area contributed by atoms with E-state index in [4.69, 9.17) is 0 Å². The molecule has 0 bridgehead atoms. The van der Waals surface area contributed by atoms with Crippen molar-refractivity contribution in [3.63, 3.8) is 0 Å². The van der Waals surface area contributed by atoms with Crippen molar-refractivity contribution in [2.24, 2.45) is 0 Å². The van der Waals surface area contributed by atoms with E-state index < -0.39 is 0 Å². The second-order valence-corrected chi connectivity index (χ2v) is 5.09. The molecule has 1 aromatic heterocycles. The van der Waals surface area contributed by atoms with Crippen LogP contribution in [0.1, 0.15) is 25.7 Å². The molecule has 3 rings (SSSR count). The maximum absolute atomic E-state index is 4.32. The Labute approximate surface area is 118 Å². The van der Waals surface area contributed by atoms with Crippen LogP contribution >= 0.6 is 0 Å². The number of anilines is 1. The topological polar surface area (TPSA) is 42.7 Å². The van der Waals surface area contributed by atoms with Crippen molar-refractivity contribution in [2.45, 2.75) is 26.4 Å². The third-order valence-electron chi connectivity index (χ3n) is 3.36. The summed E-state index contributed by atoms with van der Waals surface area (Å²) in [4.78, 5) is 4.32. The molecule has 0 atom stereocenters. The molecule has 20 heavy (non-hydrogen) atoms. The van der Waals surface area contributed by atoms with Crippen molar-refractivity contribution < 1.29 is 0 Å². The Morgan fingerprint density at radius 3 is 2.75 bits per heavy atom. The van der Waals surface area contributed by atoms with Crippen molar-refractivity contribution in [1.82, 2.24) is 14.8 Å². The third-order valence-corrected chi connectivity index (χ3v) is 3.36. The first-order valence-corrected chi connectivity index (χ1v) is 6.85. The number of rotatable bonds is 4. The molecule has 0 aliphatic heterocycles. The van der Waals surface area contributed by atoms with Crippen LogP contribution in [-0.4, -0.2) is 14.8 Å². The highest BCUT2D eigenvalue weighted by Gasteiger charge is 2.07. The zero-order chi connectivity index (χ0) is 13.9. The third kappa shape index (κ3) is 2.37. The van der Waals surface area contributed by atoms with Crippen LogP contribution < -0.4 is 5.32 Å². The zero-order valence-electron chi connectivity index (χ0n) is 11.7. The molecular weight excluding hydrogens is 248 g/mol. The van der Waals surface area contributed by atoms with Crippen LogP contribution in [0.5, 0.6) is 0 Å². The highest BCUT2D eigenvalue weighted by atomic mass is 15.4. The van der Waals surface area contributed by atoms with E-state index in [1.165, 1.54) is 10.8 Å². The van der Waals surface area contributed by atoms with Crippen LogP contribution in [0.25, 0.3) is 10.8 Å². The van der Waals surface area contributed by atoms with Gasteiger partial charge >= 0.3 is 0 Å². The summed E-state index contributed by atoms with van der Waals surface area (Å²) in [6, 6.07) is 15.0. The Kier molecular flexibility index (Phi) is 3.37. The number of benzene rings is 2. The fraction of sp³-hybridized carbons (Fsp3) is 0.250. The first-order valence-electron chi connectivity index (χ1n) is 6.85. The molecule has 0 amide bonds. The van der Waals surface area contributed by atoms with Gasteiger partial charge in [-0.2, -0.15) is 5.10 Å². The standard InChI is InChI=1S/C16H18N4/c1-12(2)20-16(18-11-19-20)10-17-15-9-5-7-13-6-3-4-8-14(13)15/h3-9,11-12,17H,10H2,1-2H3. The summed E-state index contributed by atoms with van der Waals surface area (Å²) < 4.78 is 1.94. The number of hydrogen-bond acceptors (Lipinski definition) is 3. The Bertz CT molecular complexity index is 710. The van der Waals surface area contributed by atoms with Gasteiger partial charge in [-0.1, -0.05) is 36.4 Å². The van der Waals surface area contributed by atoms with Crippen LogP contribution in [-0.2, 0) is 6.54 Å². The second kappa shape index (κ2) is 5.33. The van der Waals surface area contributed by atoms with Crippen LogP contribution in [0.3, 0.4) is 0 Å². The van der Waals surface area contributed by atoms with Gasteiger partial charge in [0.2, 0.25) is 0 Å². The minimum atomic E-state index is 0.321. The highest BCUT2D eigenvalue weighted by molar-refractivity contribution is 5.93. The zero-order valence-corrected chi connectivity index (χ0v) is 11.7. The van der Waals surface area contributed by atoms with Gasteiger partial charge in [0.05, 0.1) is 6.54 Å². The van der Waals surface area contributed by atoms with Crippen molar-refractivity contribution in [1.29, 1.82) is 0 Å². The predicted octanol–water partition coefficient (Wildman–Crippen LogP) is 3.62. The normalized spacial score (nSPS) is 11.2. The molecule has 0 unspecified atom stereocenters. The fourth-order valence-corrected chi connectivity index (χ4v) is 2.39. The number of hydrogen-bond donors (Lipinski definition) is 1. The summed E-state index contributed by atoms with van der Waals surface area (Å²) >= 11 is 0. The van der Waals surface area contributed by atoms with Gasteiger partial charge in [-0.15, -0.1) is 0 Å². The van der Waals surface area contributed by atoms with E-state index >= 15 is 0 Å². The first kappa shape index (κ1) is 12.7. The molecule has 0 aliphatic carbocycles. The summed E-state index contributed by atoms with van der Waals surface area (Å²) in [7, 11) is 0. The van der Waals surface area contributed by atoms with Crippen LogP contribution in [0.2, 0.25) is 0 Å². The van der Waals surface area contributed by atoms with Crippen molar-refractivity contribution in [2.75, 3.05) is 5.32 Å². The Balaban J connectivity index is 1.85. The lowest BCUT2D eigenvalue weighted by atomic mass is 10.1. The summed E-state index contributed by atoms with van der Waals surface area (Å²) in [5.74, 6) is 0.952. The van der Waals surface area contributed by atoms with Gasteiger partial charge in [0.1, 0.15) is 12.2 Å². The lowest BCUT2D eigenvalue weighted by Gasteiger charge is -2.12. The number of nitrogens with one attached hydrogen (secondary N) is 1. The molecule has 0 saturated carbocycles. The molecule has 102 valence electrons. The number of fused-ring (bicyclic) bond motifs is 1. The predicted molar refractivity (Wildman–Crippen MR) is 81.7 cm³/mol. The van der Waals surface area contributed by atoms with Crippen molar-refractivity contribution in [3.8, 4) is 0 Å². The van der Waals surface area contributed by atoms with Gasteiger partial charge in [0.25, 0.3) is 0 Å². The fourth-order valence-electron chi connectivity index (χ4n) is 2.39. The molecule has 1 N–H and O–H groups in total. The quantitative estimate of drug-likeness (QED) is 0.784. The molecular formula is C16H18N4. The van der Waals surface area contributed by atoms with Gasteiger partial charge in [0.15, 0.2) is 0 Å². The molecule has 3 aromatic rings. The molecule has 0 saturated heterocycles. The Hall–Kier alpha value is -2.36. The monoisotopic (exact) mass is 266 g/mol. The lowest BCUT2D eigenvalue weighted by molar-refractivity contribution is 0.509. The number of nitrogens with zero attached hydrogens (tertiary/aromatic N) is 3. The van der Waals surface area contributed by atoms with E-state index in [9.17, 15) is 0 Å². The minimum absolute atomic E-state index is 0.321. The maximum atomic E-state index is 4.32. The molecule has 4 nitrogen and oxygen atoms in total. The van der Waals surface area contributed by atoms with Crippen molar-refractivity contribution >= 4 is 16.5 Å². The Morgan fingerprint density at radius 2 is 1.90 bits per heavy atom. The minimum Gasteiger partial charge on any atom is -0.377 e. The molecule has 0 fully saturated rings. The molecule has 1 heterocycles. The van der Waals surface area contributed by atoms with Gasteiger partial charge < -0.3 is 5.32 Å². The van der Waals surface area contributed by atoms with Gasteiger partial charge in [-0.25, -0.2) is 9.67 Å². The Morgan fingerprint density at radius 1 is 1.10 bits per heavy atom. The van der Waals surface area contributed by atoms with E-state index in [-0.39, 0.29) is 0 Å². The molecule has 0 aliphatic rings. The average molecular weight is 266 g/mol. The molecule has 2 aromatic carbocycles. The largest absolute Gasteiger partial charge is 0.377 e. The average Bonchev–Trinajstić information content (AvgIpc) is 2.93. The van der Waals surface area contributed by atoms with Gasteiger partial charge in [-0.05, 0) is 25.3 Å². The summed E-state index contributed by atoms with van der Waals surface area (Å²) in [6.07, 6.45) is 1.61. The second-order valence-electron chi connectivity index (χ2n) is 5.09. The SMILES string of the molecule is CC(C)n1ncnc1CNc1cccc2ccccc12. The van der Waals surface area contributed by atoms with Crippen molar-refractivity contribution in [3.05, 3.63) is 54.6 Å². The summed E-state index contributed by atoms with van der Waals surface area (Å²) in [5, 5.41) is 10.2. The maximum Gasteiger partial charge on any atom is 0.146 e. The summed E-state index contributed by atoms with van der Waals surface area (Å²) in [6.45, 7) is 4.89. The van der Waals surface area contributed by atoms with E-state index in [1.807, 2.05) is 4.68 Å². The first-order chi connectivity index (χ1) is 9.75. The lowest BCUT2D eigenvalue weighted by Crippen LogP contribution is -2.12. The van der Waals surface area contributed by atoms with Crippen LogP contribution in [0, 0.1) is 0 Å². The molecule has 0 radical (unpaired) electrons. The van der Waals surface area contributed by atoms with E-state index in [0.29, 0.717) is 12.6 Å². The number of aromatic nitrogens is 3. The van der Waals surface area contributed by atoms with Gasteiger partial charge in [0, 0.05) is 17.1 Å². The van der Waals surface area contributed by atoms with E-state index in [1.54, 1.807) is 6.33 Å². The smallest absolute Gasteiger partial charge is 0.146 e. The molecule has 0 spiro atoms. The molecule has 4 heteroatoms.